The van der Waals surface area contributed by atoms with Crippen LogP contribution >= 0.6 is 0 Å². The molecule has 0 saturated carbocycles. The van der Waals surface area contributed by atoms with Gasteiger partial charge in [0.25, 0.3) is 5.91 Å². The Bertz CT molecular complexity index is 92.0. The van der Waals surface area contributed by atoms with Crippen molar-refractivity contribution >= 4 is 5.91 Å². The minimum absolute atomic E-state index is 0.0556. The van der Waals surface area contributed by atoms with Crippen LogP contribution in [0.25, 0.3) is 0 Å². The summed E-state index contributed by atoms with van der Waals surface area (Å²) in [6.07, 6.45) is 0. The maximum absolute atomic E-state index is 10.0. The van der Waals surface area contributed by atoms with Gasteiger partial charge >= 0.3 is 0 Å². The first-order chi connectivity index (χ1) is 3.81. The normalized spacial score (nSPS) is 8.62. The third kappa shape index (κ3) is 3.42. The van der Waals surface area contributed by atoms with Crippen LogP contribution in [0.15, 0.2) is 5.18 Å². The fraction of sp³-hybridized carbons (Fsp3) is 0.750. The Labute approximate surface area is 47.2 Å². The standard InChI is InChI=1S/C4H8N2O2/c1-2-5-3-4(7)6-8/h5H,2-3H2,1H3. The summed E-state index contributed by atoms with van der Waals surface area (Å²) in [5.41, 5.74) is 0. The summed E-state index contributed by atoms with van der Waals surface area (Å²) in [5.74, 6) is -0.646. The lowest BCUT2D eigenvalue weighted by atomic mass is 10.6. The second kappa shape index (κ2) is 4.39. The highest BCUT2D eigenvalue weighted by atomic mass is 16.3. The van der Waals surface area contributed by atoms with E-state index in [1.54, 1.807) is 0 Å². The molecule has 4 heteroatoms. The molecule has 0 spiro atoms. The number of nitroso groups, excluding NO2 is 1. The van der Waals surface area contributed by atoms with Crippen LogP contribution in [0.3, 0.4) is 0 Å². The van der Waals surface area contributed by atoms with Crippen molar-refractivity contribution < 1.29 is 4.79 Å². The van der Waals surface area contributed by atoms with Crippen LogP contribution in [-0.2, 0) is 4.79 Å². The van der Waals surface area contributed by atoms with Gasteiger partial charge in [-0.1, -0.05) is 6.92 Å². The molecule has 0 saturated heterocycles. The van der Waals surface area contributed by atoms with Gasteiger partial charge in [0.1, 0.15) is 0 Å². The largest absolute Gasteiger partial charge is 0.309 e. The number of nitrogens with one attached hydrogen (secondary N) is 1. The Hall–Kier alpha value is -0.770. The Morgan fingerprint density at radius 1 is 1.75 bits per heavy atom. The zero-order chi connectivity index (χ0) is 6.41. The quantitative estimate of drug-likeness (QED) is 0.523. The van der Waals surface area contributed by atoms with Crippen molar-refractivity contribution in [3.8, 4) is 0 Å². The Kier molecular flexibility index (Phi) is 3.97. The zero-order valence-corrected chi connectivity index (χ0v) is 4.68. The molecule has 0 unspecified atom stereocenters. The molecular weight excluding hydrogens is 108 g/mol. The molecule has 0 heterocycles. The zero-order valence-electron chi connectivity index (χ0n) is 4.68. The van der Waals surface area contributed by atoms with Crippen LogP contribution in [0.4, 0.5) is 0 Å². The molecule has 1 N–H and O–H groups in total. The van der Waals surface area contributed by atoms with Gasteiger partial charge in [0.05, 0.1) is 6.54 Å². The van der Waals surface area contributed by atoms with Gasteiger partial charge in [0.15, 0.2) is 0 Å². The molecule has 46 valence electrons. The van der Waals surface area contributed by atoms with Crippen LogP contribution in [0.2, 0.25) is 0 Å². The molecular formula is C4H8N2O2. The van der Waals surface area contributed by atoms with E-state index in [-0.39, 0.29) is 6.54 Å². The highest BCUT2D eigenvalue weighted by Crippen LogP contribution is 1.67. The average molecular weight is 116 g/mol. The monoisotopic (exact) mass is 116 g/mol. The number of likely N-dealkylation sites (N-methyl/N-ethyl adjacent to an activating group) is 1. The SMILES string of the molecule is CCNCC(=O)N=O. The number of carbonyl (C=O) groups is 1. The lowest BCUT2D eigenvalue weighted by Crippen LogP contribution is -2.20. The number of amides is 1. The molecule has 0 aliphatic carbocycles. The molecule has 0 atom stereocenters. The molecule has 0 aliphatic rings. The van der Waals surface area contributed by atoms with Crippen molar-refractivity contribution in [1.82, 2.24) is 5.32 Å². The molecule has 0 aromatic carbocycles. The number of nitrogens with zero attached hydrogens (tertiary/aromatic N) is 1. The summed E-state index contributed by atoms with van der Waals surface area (Å²) < 4.78 is 0. The first kappa shape index (κ1) is 7.23. The molecule has 0 radical (unpaired) electrons. The predicted octanol–water partition coefficient (Wildman–Crippen LogP) is -0.111. The molecule has 0 aliphatic heterocycles. The van der Waals surface area contributed by atoms with E-state index in [2.05, 4.69) is 10.5 Å². The van der Waals surface area contributed by atoms with Crippen molar-refractivity contribution in [2.75, 3.05) is 13.1 Å². The van der Waals surface area contributed by atoms with Crippen molar-refractivity contribution in [3.05, 3.63) is 4.91 Å². The fourth-order valence-electron chi connectivity index (χ4n) is 0.264. The smallest absolute Gasteiger partial charge is 0.299 e. The minimum Gasteiger partial charge on any atom is -0.309 e. The van der Waals surface area contributed by atoms with Crippen molar-refractivity contribution in [3.63, 3.8) is 0 Å². The van der Waals surface area contributed by atoms with Gasteiger partial charge in [-0.3, -0.25) is 4.79 Å². The van der Waals surface area contributed by atoms with E-state index in [1.165, 1.54) is 0 Å². The van der Waals surface area contributed by atoms with E-state index in [1.807, 2.05) is 6.92 Å². The van der Waals surface area contributed by atoms with E-state index in [0.717, 1.165) is 0 Å². The van der Waals surface area contributed by atoms with Crippen LogP contribution in [0, 0.1) is 4.91 Å². The van der Waals surface area contributed by atoms with E-state index >= 15 is 0 Å². The molecule has 4 nitrogen and oxygen atoms in total. The van der Waals surface area contributed by atoms with Gasteiger partial charge in [-0.15, -0.1) is 4.91 Å². The Balaban J connectivity index is 3.11. The maximum Gasteiger partial charge on any atom is 0.299 e. The Morgan fingerprint density at radius 3 is 2.75 bits per heavy atom. The number of hydrogen-bond donors (Lipinski definition) is 1. The second-order valence-corrected chi connectivity index (χ2v) is 1.27. The minimum atomic E-state index is -0.646. The summed E-state index contributed by atoms with van der Waals surface area (Å²) in [5, 5.41) is 4.83. The lowest BCUT2D eigenvalue weighted by Gasteiger charge is -1.89. The van der Waals surface area contributed by atoms with Crippen LogP contribution in [-0.4, -0.2) is 19.0 Å². The lowest BCUT2D eigenvalue weighted by molar-refractivity contribution is -0.117. The number of rotatable bonds is 3. The van der Waals surface area contributed by atoms with E-state index in [0.29, 0.717) is 6.54 Å². The third-order valence-electron chi connectivity index (χ3n) is 0.628. The number of carbonyl (C=O) groups excluding carboxylic acids is 1. The third-order valence-corrected chi connectivity index (χ3v) is 0.628. The number of hydrogen-bond acceptors (Lipinski definition) is 3. The molecule has 0 fully saturated rings. The van der Waals surface area contributed by atoms with Gasteiger partial charge < -0.3 is 5.32 Å². The summed E-state index contributed by atoms with van der Waals surface area (Å²) in [7, 11) is 0. The summed E-state index contributed by atoms with van der Waals surface area (Å²) in [6.45, 7) is 2.58. The van der Waals surface area contributed by atoms with Crippen molar-refractivity contribution in [2.24, 2.45) is 5.18 Å². The van der Waals surface area contributed by atoms with Gasteiger partial charge in [0.2, 0.25) is 0 Å². The van der Waals surface area contributed by atoms with Crippen molar-refractivity contribution in [2.45, 2.75) is 6.92 Å². The molecule has 0 rings (SSSR count). The Morgan fingerprint density at radius 2 is 2.38 bits per heavy atom. The second-order valence-electron chi connectivity index (χ2n) is 1.27. The molecule has 0 aromatic rings. The van der Waals surface area contributed by atoms with Crippen molar-refractivity contribution in [1.29, 1.82) is 0 Å². The van der Waals surface area contributed by atoms with E-state index in [4.69, 9.17) is 0 Å². The molecule has 0 aromatic heterocycles. The first-order valence-electron chi connectivity index (χ1n) is 2.38. The van der Waals surface area contributed by atoms with Gasteiger partial charge in [0, 0.05) is 5.18 Å². The van der Waals surface area contributed by atoms with E-state index < -0.39 is 5.91 Å². The van der Waals surface area contributed by atoms with Gasteiger partial charge in [-0.25, -0.2) is 0 Å². The van der Waals surface area contributed by atoms with Crippen LogP contribution in [0.1, 0.15) is 6.92 Å². The maximum atomic E-state index is 10.0. The summed E-state index contributed by atoms with van der Waals surface area (Å²) in [6, 6.07) is 0. The van der Waals surface area contributed by atoms with Crippen LogP contribution < -0.4 is 5.32 Å². The van der Waals surface area contributed by atoms with E-state index in [9.17, 15) is 9.70 Å². The predicted molar refractivity (Wildman–Crippen MR) is 29.3 cm³/mol. The topological polar surface area (TPSA) is 58.5 Å². The summed E-state index contributed by atoms with van der Waals surface area (Å²) in [4.78, 5) is 19.4. The molecule has 1 amide bonds. The first-order valence-corrected chi connectivity index (χ1v) is 2.38. The average Bonchev–Trinajstić information content (AvgIpc) is 1.83. The highest BCUT2D eigenvalue weighted by molar-refractivity contribution is 5.78. The fourth-order valence-corrected chi connectivity index (χ4v) is 0.264. The van der Waals surface area contributed by atoms with Gasteiger partial charge in [-0.2, -0.15) is 0 Å². The van der Waals surface area contributed by atoms with Gasteiger partial charge in [-0.05, 0) is 6.54 Å². The molecule has 0 bridgehead atoms. The molecule has 8 heavy (non-hydrogen) atoms. The highest BCUT2D eigenvalue weighted by Gasteiger charge is 1.94. The van der Waals surface area contributed by atoms with Crippen LogP contribution in [0.5, 0.6) is 0 Å². The summed E-state index contributed by atoms with van der Waals surface area (Å²) >= 11 is 0.